The minimum Gasteiger partial charge on any atom is -0.369 e. The second kappa shape index (κ2) is 6.38. The van der Waals surface area contributed by atoms with Crippen molar-refractivity contribution in [3.63, 3.8) is 0 Å². The Balaban J connectivity index is 1.51. The van der Waals surface area contributed by atoms with Gasteiger partial charge in [0.25, 0.3) is 5.95 Å². The van der Waals surface area contributed by atoms with Crippen molar-refractivity contribution in [1.29, 1.82) is 0 Å². The first-order valence-corrected chi connectivity index (χ1v) is 8.09. The highest BCUT2D eigenvalue weighted by atomic mass is 19.4. The van der Waals surface area contributed by atoms with Crippen LogP contribution in [-0.2, 0) is 19.1 Å². The molecule has 0 radical (unpaired) electrons. The number of fused-ring (bicyclic) bond motifs is 1. The molecule has 0 atom stereocenters. The van der Waals surface area contributed by atoms with E-state index in [0.29, 0.717) is 13.0 Å². The van der Waals surface area contributed by atoms with Crippen molar-refractivity contribution in [3.8, 4) is 5.95 Å². The highest BCUT2D eigenvalue weighted by Crippen LogP contribution is 2.29. The largest absolute Gasteiger partial charge is 0.416 e. The molecule has 0 aliphatic heterocycles. The fourth-order valence-corrected chi connectivity index (χ4v) is 2.76. The lowest BCUT2D eigenvalue weighted by atomic mass is 10.1. The van der Waals surface area contributed by atoms with E-state index in [1.807, 2.05) is 24.3 Å². The number of halogens is 3. The fourth-order valence-electron chi connectivity index (χ4n) is 2.76. The lowest BCUT2D eigenvalue weighted by Crippen LogP contribution is -2.08. The standard InChI is InChI=1S/C17H14F3N7/c18-17(19,20)12-7-5-11(6-8-12)9-10-26-24-16(23-25-26)27-14-4-2-1-3-13(14)22-15(27)21/h1-8H,9-10H2,(H2,21,22). The monoisotopic (exact) mass is 373 g/mol. The van der Waals surface area contributed by atoms with Crippen molar-refractivity contribution in [3.05, 3.63) is 59.7 Å². The molecule has 0 unspecified atom stereocenters. The Labute approximate surface area is 151 Å². The predicted molar refractivity (Wildman–Crippen MR) is 92.0 cm³/mol. The number of para-hydroxylation sites is 2. The number of nitrogen functional groups attached to an aromatic ring is 1. The van der Waals surface area contributed by atoms with Crippen molar-refractivity contribution in [1.82, 2.24) is 29.8 Å². The van der Waals surface area contributed by atoms with E-state index in [4.69, 9.17) is 5.73 Å². The SMILES string of the molecule is Nc1nc2ccccc2n1-c1nnn(CCc2ccc(C(F)(F)F)cc2)n1. The van der Waals surface area contributed by atoms with Crippen LogP contribution in [0.1, 0.15) is 11.1 Å². The molecular weight excluding hydrogens is 359 g/mol. The molecule has 7 nitrogen and oxygen atoms in total. The van der Waals surface area contributed by atoms with E-state index in [1.54, 1.807) is 4.57 Å². The molecule has 4 rings (SSSR count). The summed E-state index contributed by atoms with van der Waals surface area (Å²) in [5, 5.41) is 12.3. The highest BCUT2D eigenvalue weighted by molar-refractivity contribution is 5.79. The molecule has 10 heteroatoms. The molecule has 0 spiro atoms. The molecule has 0 saturated heterocycles. The average molecular weight is 373 g/mol. The first-order valence-electron chi connectivity index (χ1n) is 8.09. The molecule has 4 aromatic rings. The Morgan fingerprint density at radius 3 is 2.48 bits per heavy atom. The summed E-state index contributed by atoms with van der Waals surface area (Å²) in [5.41, 5.74) is 7.51. The van der Waals surface area contributed by atoms with E-state index in [-0.39, 0.29) is 11.9 Å². The lowest BCUT2D eigenvalue weighted by Gasteiger charge is -2.07. The molecule has 0 bridgehead atoms. The number of hydrogen-bond acceptors (Lipinski definition) is 5. The molecule has 0 fully saturated rings. The van der Waals surface area contributed by atoms with Gasteiger partial charge in [0, 0.05) is 0 Å². The third-order valence-electron chi connectivity index (χ3n) is 4.11. The van der Waals surface area contributed by atoms with Gasteiger partial charge in [-0.1, -0.05) is 29.4 Å². The minimum atomic E-state index is -4.34. The molecule has 2 heterocycles. The lowest BCUT2D eigenvalue weighted by molar-refractivity contribution is -0.137. The van der Waals surface area contributed by atoms with Crippen molar-refractivity contribution in [2.75, 3.05) is 5.73 Å². The van der Waals surface area contributed by atoms with E-state index in [2.05, 4.69) is 20.4 Å². The zero-order valence-corrected chi connectivity index (χ0v) is 13.9. The third kappa shape index (κ3) is 3.33. The Kier molecular flexibility index (Phi) is 4.02. The van der Waals surface area contributed by atoms with E-state index in [9.17, 15) is 13.2 Å². The van der Waals surface area contributed by atoms with Crippen LogP contribution in [0, 0.1) is 0 Å². The molecule has 2 aromatic heterocycles. The summed E-state index contributed by atoms with van der Waals surface area (Å²) in [6, 6.07) is 12.4. The number of nitrogens with zero attached hydrogens (tertiary/aromatic N) is 6. The number of rotatable bonds is 4. The van der Waals surface area contributed by atoms with Crippen LogP contribution in [0.3, 0.4) is 0 Å². The molecular formula is C17H14F3N7. The normalized spacial score (nSPS) is 12.0. The number of imidazole rings is 1. The predicted octanol–water partition coefficient (Wildman–Crippen LogP) is 2.86. The maximum atomic E-state index is 12.6. The summed E-state index contributed by atoms with van der Waals surface area (Å²) in [6.07, 6.45) is -3.87. The molecule has 0 aliphatic rings. The molecule has 2 aromatic carbocycles. The van der Waals surface area contributed by atoms with E-state index >= 15 is 0 Å². The van der Waals surface area contributed by atoms with Gasteiger partial charge in [0.1, 0.15) is 0 Å². The van der Waals surface area contributed by atoms with Gasteiger partial charge < -0.3 is 5.73 Å². The molecule has 0 amide bonds. The van der Waals surface area contributed by atoms with Crippen LogP contribution in [0.25, 0.3) is 17.0 Å². The Hall–Kier alpha value is -3.43. The number of aryl methyl sites for hydroxylation is 2. The smallest absolute Gasteiger partial charge is 0.369 e. The zero-order valence-electron chi connectivity index (χ0n) is 13.9. The van der Waals surface area contributed by atoms with E-state index in [0.717, 1.165) is 28.7 Å². The Morgan fingerprint density at radius 1 is 1.00 bits per heavy atom. The van der Waals surface area contributed by atoms with Crippen LogP contribution in [0.2, 0.25) is 0 Å². The van der Waals surface area contributed by atoms with Gasteiger partial charge in [-0.05, 0) is 41.5 Å². The van der Waals surface area contributed by atoms with Crippen LogP contribution in [0.4, 0.5) is 19.1 Å². The topological polar surface area (TPSA) is 87.4 Å². The van der Waals surface area contributed by atoms with Gasteiger partial charge in [0.2, 0.25) is 5.95 Å². The van der Waals surface area contributed by atoms with Crippen LogP contribution >= 0.6 is 0 Å². The van der Waals surface area contributed by atoms with E-state index in [1.165, 1.54) is 16.9 Å². The second-order valence-electron chi connectivity index (χ2n) is 5.92. The summed E-state index contributed by atoms with van der Waals surface area (Å²) in [7, 11) is 0. The van der Waals surface area contributed by atoms with Crippen molar-refractivity contribution < 1.29 is 13.2 Å². The second-order valence-corrected chi connectivity index (χ2v) is 5.92. The number of tetrazole rings is 1. The van der Waals surface area contributed by atoms with Crippen molar-refractivity contribution in [2.45, 2.75) is 19.1 Å². The van der Waals surface area contributed by atoms with Crippen molar-refractivity contribution >= 4 is 17.0 Å². The number of benzene rings is 2. The van der Waals surface area contributed by atoms with Crippen molar-refractivity contribution in [2.24, 2.45) is 0 Å². The highest BCUT2D eigenvalue weighted by Gasteiger charge is 2.29. The Bertz CT molecular complexity index is 1080. The van der Waals surface area contributed by atoms with Gasteiger partial charge in [0.15, 0.2) is 0 Å². The van der Waals surface area contributed by atoms with Gasteiger partial charge in [-0.15, -0.1) is 5.10 Å². The van der Waals surface area contributed by atoms with Gasteiger partial charge >= 0.3 is 6.18 Å². The molecule has 0 saturated carbocycles. The minimum absolute atomic E-state index is 0.249. The maximum Gasteiger partial charge on any atom is 0.416 e. The van der Waals surface area contributed by atoms with Gasteiger partial charge in [-0.25, -0.2) is 9.55 Å². The van der Waals surface area contributed by atoms with Gasteiger partial charge in [-0.3, -0.25) is 0 Å². The number of nitrogens with two attached hydrogens (primary N) is 1. The van der Waals surface area contributed by atoms with Crippen LogP contribution < -0.4 is 5.73 Å². The summed E-state index contributed by atoms with van der Waals surface area (Å²) in [6.45, 7) is 0.366. The maximum absolute atomic E-state index is 12.6. The summed E-state index contributed by atoms with van der Waals surface area (Å²) < 4.78 is 39.4. The van der Waals surface area contributed by atoms with Crippen LogP contribution in [-0.4, -0.2) is 29.8 Å². The number of alkyl halides is 3. The number of anilines is 1. The third-order valence-corrected chi connectivity index (χ3v) is 4.11. The number of hydrogen-bond donors (Lipinski definition) is 1. The summed E-state index contributed by atoms with van der Waals surface area (Å²) in [4.78, 5) is 5.63. The summed E-state index contributed by atoms with van der Waals surface area (Å²) in [5.74, 6) is 0.534. The summed E-state index contributed by atoms with van der Waals surface area (Å²) >= 11 is 0. The Morgan fingerprint density at radius 2 is 1.74 bits per heavy atom. The molecule has 138 valence electrons. The first-order chi connectivity index (χ1) is 12.9. The van der Waals surface area contributed by atoms with Crippen LogP contribution in [0.5, 0.6) is 0 Å². The molecule has 2 N–H and O–H groups in total. The van der Waals surface area contributed by atoms with Gasteiger partial charge in [0.05, 0.1) is 23.1 Å². The van der Waals surface area contributed by atoms with Gasteiger partial charge in [-0.2, -0.15) is 18.0 Å². The van der Waals surface area contributed by atoms with Crippen LogP contribution in [0.15, 0.2) is 48.5 Å². The molecule has 27 heavy (non-hydrogen) atoms. The first kappa shape index (κ1) is 17.0. The average Bonchev–Trinajstić information content (AvgIpc) is 3.22. The quantitative estimate of drug-likeness (QED) is 0.594. The number of aromatic nitrogens is 6. The molecule has 0 aliphatic carbocycles. The van der Waals surface area contributed by atoms with E-state index < -0.39 is 11.7 Å². The zero-order chi connectivity index (χ0) is 19.0. The fraction of sp³-hybridized carbons (Fsp3) is 0.176.